The van der Waals surface area contributed by atoms with E-state index >= 15 is 0 Å². The number of anilines is 1. The van der Waals surface area contributed by atoms with E-state index in [0.29, 0.717) is 29.4 Å². The number of carbonyl (C=O) groups excluding carboxylic acids is 1. The second-order valence-electron chi connectivity index (χ2n) is 7.75. The predicted molar refractivity (Wildman–Crippen MR) is 118 cm³/mol. The maximum atomic E-state index is 13.2. The number of methoxy groups -OCH3 is 1. The summed E-state index contributed by atoms with van der Waals surface area (Å²) in [5.74, 6) is 2.04. The van der Waals surface area contributed by atoms with E-state index in [1.54, 1.807) is 25.7 Å². The Hall–Kier alpha value is -3.55. The molecule has 1 unspecified atom stereocenters. The lowest BCUT2D eigenvalue weighted by atomic mass is 9.93. The second kappa shape index (κ2) is 9.07. The minimum Gasteiger partial charge on any atom is -0.496 e. The van der Waals surface area contributed by atoms with Crippen LogP contribution >= 0.6 is 0 Å². The summed E-state index contributed by atoms with van der Waals surface area (Å²) in [6.07, 6.45) is 6.79. The Morgan fingerprint density at radius 2 is 2.03 bits per heavy atom. The maximum Gasteiger partial charge on any atom is 0.257 e. The van der Waals surface area contributed by atoms with E-state index in [2.05, 4.69) is 15.0 Å². The van der Waals surface area contributed by atoms with Crippen molar-refractivity contribution in [3.8, 4) is 17.3 Å². The van der Waals surface area contributed by atoms with Crippen molar-refractivity contribution in [2.24, 2.45) is 0 Å². The summed E-state index contributed by atoms with van der Waals surface area (Å²) in [7, 11) is 5.48. The first-order chi connectivity index (χ1) is 15.1. The molecule has 1 fully saturated rings. The number of piperidine rings is 1. The molecule has 0 spiro atoms. The van der Waals surface area contributed by atoms with Crippen molar-refractivity contribution in [2.45, 2.75) is 18.8 Å². The monoisotopic (exact) mass is 418 g/mol. The minimum atomic E-state index is -0.0156. The number of amides is 1. The van der Waals surface area contributed by atoms with Crippen LogP contribution in [0.3, 0.4) is 0 Å². The molecule has 0 saturated carbocycles. The highest BCUT2D eigenvalue weighted by atomic mass is 16.5. The van der Waals surface area contributed by atoms with Crippen molar-refractivity contribution in [1.29, 1.82) is 0 Å². The Balaban J connectivity index is 1.63. The molecule has 8 heteroatoms. The van der Waals surface area contributed by atoms with Crippen LogP contribution in [0.5, 0.6) is 5.75 Å². The SMILES string of the molecule is COc1ccccc1C(=O)N1CCCC(c2cc(N(C)C)nc(-c3cnccn3)n2)C1. The maximum absolute atomic E-state index is 13.2. The Labute approximate surface area is 181 Å². The number of ether oxygens (including phenoxy) is 1. The van der Waals surface area contributed by atoms with Gasteiger partial charge in [-0.25, -0.2) is 15.0 Å². The molecule has 1 amide bonds. The molecule has 0 N–H and O–H groups in total. The fourth-order valence-electron chi connectivity index (χ4n) is 3.81. The molecule has 1 atom stereocenters. The van der Waals surface area contributed by atoms with Crippen molar-refractivity contribution in [3.05, 3.63) is 60.2 Å². The number of benzene rings is 1. The second-order valence-corrected chi connectivity index (χ2v) is 7.75. The summed E-state index contributed by atoms with van der Waals surface area (Å²) >= 11 is 0. The number of para-hydroxylation sites is 1. The van der Waals surface area contributed by atoms with Crippen LogP contribution in [-0.2, 0) is 0 Å². The van der Waals surface area contributed by atoms with E-state index in [0.717, 1.165) is 30.9 Å². The first kappa shape index (κ1) is 20.7. The molecule has 0 bridgehead atoms. The Morgan fingerprint density at radius 3 is 2.77 bits per heavy atom. The van der Waals surface area contributed by atoms with E-state index in [1.807, 2.05) is 54.2 Å². The van der Waals surface area contributed by atoms with E-state index in [1.165, 1.54) is 0 Å². The van der Waals surface area contributed by atoms with Crippen LogP contribution in [0.4, 0.5) is 5.82 Å². The van der Waals surface area contributed by atoms with Gasteiger partial charge in [-0.2, -0.15) is 0 Å². The molecule has 0 aliphatic carbocycles. The standard InChI is InChI=1S/C23H26N6O2/c1-28(2)21-13-18(26-22(27-21)19-14-24-10-11-25-19)16-7-6-12-29(15-16)23(30)17-8-4-5-9-20(17)31-3/h4-5,8-11,13-14,16H,6-7,12,15H2,1-3H3. The zero-order valence-electron chi connectivity index (χ0n) is 18.0. The van der Waals surface area contributed by atoms with Gasteiger partial charge >= 0.3 is 0 Å². The first-order valence-electron chi connectivity index (χ1n) is 10.3. The summed E-state index contributed by atoms with van der Waals surface area (Å²) in [4.78, 5) is 35.0. The molecular formula is C23H26N6O2. The van der Waals surface area contributed by atoms with Crippen LogP contribution < -0.4 is 9.64 Å². The third kappa shape index (κ3) is 4.47. The number of likely N-dealkylation sites (tertiary alicyclic amines) is 1. The van der Waals surface area contributed by atoms with Gasteiger partial charge < -0.3 is 14.5 Å². The zero-order valence-corrected chi connectivity index (χ0v) is 18.0. The van der Waals surface area contributed by atoms with Gasteiger partial charge in [-0.1, -0.05) is 12.1 Å². The molecule has 3 aromatic rings. The molecule has 1 aliphatic rings. The molecule has 1 aliphatic heterocycles. The average Bonchev–Trinajstić information content (AvgIpc) is 2.83. The molecule has 8 nitrogen and oxygen atoms in total. The first-order valence-corrected chi connectivity index (χ1v) is 10.3. The lowest BCUT2D eigenvalue weighted by Gasteiger charge is -2.33. The van der Waals surface area contributed by atoms with Crippen molar-refractivity contribution in [3.63, 3.8) is 0 Å². The minimum absolute atomic E-state index is 0.0156. The van der Waals surface area contributed by atoms with Crippen LogP contribution in [0.1, 0.15) is 34.8 Å². The van der Waals surface area contributed by atoms with Gasteiger partial charge in [-0.3, -0.25) is 9.78 Å². The van der Waals surface area contributed by atoms with E-state index in [-0.39, 0.29) is 11.8 Å². The fraction of sp³-hybridized carbons (Fsp3) is 0.348. The third-order valence-electron chi connectivity index (χ3n) is 5.45. The summed E-state index contributed by atoms with van der Waals surface area (Å²) in [6.45, 7) is 1.32. The van der Waals surface area contributed by atoms with Gasteiger partial charge in [0, 0.05) is 51.6 Å². The highest BCUT2D eigenvalue weighted by Gasteiger charge is 2.28. The molecule has 1 aromatic carbocycles. The lowest BCUT2D eigenvalue weighted by Crippen LogP contribution is -2.39. The molecule has 160 valence electrons. The van der Waals surface area contributed by atoms with Gasteiger partial charge in [0.05, 0.1) is 24.6 Å². The van der Waals surface area contributed by atoms with Gasteiger partial charge in [0.15, 0.2) is 5.82 Å². The third-order valence-corrected chi connectivity index (χ3v) is 5.45. The van der Waals surface area contributed by atoms with Crippen molar-refractivity contribution in [2.75, 3.05) is 39.2 Å². The molecule has 0 radical (unpaired) electrons. The van der Waals surface area contributed by atoms with Crippen molar-refractivity contribution in [1.82, 2.24) is 24.8 Å². The summed E-state index contributed by atoms with van der Waals surface area (Å²) < 4.78 is 5.39. The molecule has 3 heterocycles. The van der Waals surface area contributed by atoms with Crippen molar-refractivity contribution < 1.29 is 9.53 Å². The van der Waals surface area contributed by atoms with Crippen LogP contribution in [0.15, 0.2) is 48.9 Å². The van der Waals surface area contributed by atoms with Crippen LogP contribution in [0, 0.1) is 0 Å². The largest absolute Gasteiger partial charge is 0.496 e. The number of carbonyl (C=O) groups is 1. The molecule has 2 aromatic heterocycles. The van der Waals surface area contributed by atoms with Crippen LogP contribution in [-0.4, -0.2) is 65.0 Å². The smallest absolute Gasteiger partial charge is 0.257 e. The van der Waals surface area contributed by atoms with Crippen LogP contribution in [0.2, 0.25) is 0 Å². The Kier molecular flexibility index (Phi) is 6.06. The van der Waals surface area contributed by atoms with Gasteiger partial charge in [-0.15, -0.1) is 0 Å². The molecular weight excluding hydrogens is 392 g/mol. The van der Waals surface area contributed by atoms with Crippen LogP contribution in [0.25, 0.3) is 11.5 Å². The highest BCUT2D eigenvalue weighted by Crippen LogP contribution is 2.30. The van der Waals surface area contributed by atoms with E-state index < -0.39 is 0 Å². The summed E-state index contributed by atoms with van der Waals surface area (Å²) in [5, 5.41) is 0. The van der Waals surface area contributed by atoms with Gasteiger partial charge in [-0.05, 0) is 25.0 Å². The van der Waals surface area contributed by atoms with Gasteiger partial charge in [0.2, 0.25) is 0 Å². The Morgan fingerprint density at radius 1 is 1.19 bits per heavy atom. The highest BCUT2D eigenvalue weighted by molar-refractivity contribution is 5.97. The van der Waals surface area contributed by atoms with Gasteiger partial charge in [0.25, 0.3) is 5.91 Å². The summed E-state index contributed by atoms with van der Waals surface area (Å²) in [5.41, 5.74) is 2.13. The quantitative estimate of drug-likeness (QED) is 0.630. The van der Waals surface area contributed by atoms with Gasteiger partial charge in [0.1, 0.15) is 17.3 Å². The van der Waals surface area contributed by atoms with E-state index in [9.17, 15) is 4.79 Å². The predicted octanol–water partition coefficient (Wildman–Crippen LogP) is 3.03. The van der Waals surface area contributed by atoms with E-state index in [4.69, 9.17) is 9.72 Å². The Bertz CT molecular complexity index is 1060. The molecule has 31 heavy (non-hydrogen) atoms. The van der Waals surface area contributed by atoms with Crippen molar-refractivity contribution >= 4 is 11.7 Å². The number of hydrogen-bond acceptors (Lipinski definition) is 7. The zero-order chi connectivity index (χ0) is 21.8. The topological polar surface area (TPSA) is 84.3 Å². The molecule has 1 saturated heterocycles. The number of hydrogen-bond donors (Lipinski definition) is 0. The average molecular weight is 419 g/mol. The number of nitrogens with zero attached hydrogens (tertiary/aromatic N) is 6. The summed E-state index contributed by atoms with van der Waals surface area (Å²) in [6, 6.07) is 9.35. The number of rotatable bonds is 5. The fourth-order valence-corrected chi connectivity index (χ4v) is 3.81. The molecule has 4 rings (SSSR count). The lowest BCUT2D eigenvalue weighted by molar-refractivity contribution is 0.0702. The normalized spacial score (nSPS) is 16.1. The number of aromatic nitrogens is 4.